The van der Waals surface area contributed by atoms with Gasteiger partial charge in [-0.05, 0) is 30.6 Å². The Hall–Kier alpha value is -2.55. The smallest absolute Gasteiger partial charge is 0.265 e. The van der Waals surface area contributed by atoms with Crippen molar-refractivity contribution in [1.29, 1.82) is 0 Å². The van der Waals surface area contributed by atoms with Crippen LogP contribution in [0.5, 0.6) is 0 Å². The fourth-order valence-corrected chi connectivity index (χ4v) is 3.56. The second kappa shape index (κ2) is 7.36. The zero-order valence-electron chi connectivity index (χ0n) is 14.3. The summed E-state index contributed by atoms with van der Waals surface area (Å²) in [4.78, 5) is 19.8. The predicted molar refractivity (Wildman–Crippen MR) is 100 cm³/mol. The van der Waals surface area contributed by atoms with Gasteiger partial charge in [-0.15, -0.1) is 11.3 Å². The molecule has 8 heteroatoms. The van der Waals surface area contributed by atoms with Crippen molar-refractivity contribution in [3.8, 4) is 11.5 Å². The molecule has 2 N–H and O–H groups in total. The fraction of sp³-hybridized carbons (Fsp3) is 0.278. The van der Waals surface area contributed by atoms with Gasteiger partial charge >= 0.3 is 0 Å². The van der Waals surface area contributed by atoms with Crippen LogP contribution in [0.3, 0.4) is 0 Å². The Kier molecular flexibility index (Phi) is 4.79. The Morgan fingerprint density at radius 2 is 2.23 bits per heavy atom. The van der Waals surface area contributed by atoms with Gasteiger partial charge in [-0.2, -0.15) is 4.98 Å². The average Bonchev–Trinajstić information content (AvgIpc) is 3.35. The lowest BCUT2D eigenvalue weighted by Gasteiger charge is -2.30. The van der Waals surface area contributed by atoms with Crippen LogP contribution >= 0.6 is 11.3 Å². The zero-order chi connectivity index (χ0) is 17.9. The molecule has 1 atom stereocenters. The number of para-hydroxylation sites is 1. The number of rotatable bonds is 4. The second-order valence-corrected chi connectivity index (χ2v) is 7.08. The van der Waals surface area contributed by atoms with Crippen molar-refractivity contribution in [1.82, 2.24) is 20.4 Å². The number of amides is 1. The third-order valence-corrected chi connectivity index (χ3v) is 5.27. The number of anilines is 1. The highest BCUT2D eigenvalue weighted by molar-refractivity contribution is 7.12. The number of hydrogen-bond acceptors (Lipinski definition) is 7. The summed E-state index contributed by atoms with van der Waals surface area (Å²) in [6.45, 7) is 2.67. The van der Waals surface area contributed by atoms with Crippen LogP contribution in [0, 0.1) is 0 Å². The normalized spacial score (nSPS) is 18.0. The Balaban J connectivity index is 1.59. The molecule has 1 aliphatic rings. The second-order valence-electron chi connectivity index (χ2n) is 6.14. The Morgan fingerprint density at radius 3 is 3.04 bits per heavy atom. The van der Waals surface area contributed by atoms with Crippen molar-refractivity contribution < 1.29 is 9.32 Å². The summed E-state index contributed by atoms with van der Waals surface area (Å²) in [5.41, 5.74) is 1.36. The maximum absolute atomic E-state index is 12.4. The number of likely N-dealkylation sites (N-methyl/N-ethyl adjacent to an activating group) is 1. The van der Waals surface area contributed by atoms with E-state index in [-0.39, 0.29) is 11.9 Å². The van der Waals surface area contributed by atoms with Crippen LogP contribution in [0.4, 0.5) is 5.69 Å². The van der Waals surface area contributed by atoms with Gasteiger partial charge in [-0.3, -0.25) is 9.69 Å². The Morgan fingerprint density at radius 1 is 1.35 bits per heavy atom. The fourth-order valence-electron chi connectivity index (χ4n) is 2.94. The van der Waals surface area contributed by atoms with E-state index in [2.05, 4.69) is 32.7 Å². The summed E-state index contributed by atoms with van der Waals surface area (Å²) >= 11 is 1.40. The molecule has 3 aromatic rings. The molecule has 1 fully saturated rings. The van der Waals surface area contributed by atoms with E-state index in [0.29, 0.717) is 27.8 Å². The lowest BCUT2D eigenvalue weighted by atomic mass is 10.1. The van der Waals surface area contributed by atoms with Gasteiger partial charge in [0.2, 0.25) is 0 Å². The summed E-state index contributed by atoms with van der Waals surface area (Å²) in [6, 6.07) is 11.2. The summed E-state index contributed by atoms with van der Waals surface area (Å²) < 4.78 is 5.50. The summed E-state index contributed by atoms with van der Waals surface area (Å²) in [6.07, 6.45) is 0. The quantitative estimate of drug-likeness (QED) is 0.736. The van der Waals surface area contributed by atoms with Gasteiger partial charge in [-0.25, -0.2) is 0 Å². The van der Waals surface area contributed by atoms with Crippen LogP contribution < -0.4 is 10.6 Å². The summed E-state index contributed by atoms with van der Waals surface area (Å²) in [5.74, 6) is 0.901. The number of carbonyl (C=O) groups excluding carboxylic acids is 1. The molecule has 1 aromatic carbocycles. The number of benzene rings is 1. The largest absolute Gasteiger partial charge is 0.334 e. The molecule has 134 valence electrons. The molecule has 1 unspecified atom stereocenters. The minimum absolute atomic E-state index is 0.0779. The van der Waals surface area contributed by atoms with E-state index in [1.54, 1.807) is 6.07 Å². The number of carbonyl (C=O) groups is 1. The molecule has 0 radical (unpaired) electrons. The van der Waals surface area contributed by atoms with E-state index in [1.807, 2.05) is 35.7 Å². The standard InChI is InChI=1S/C18H19N5O2S/c1-23-9-8-19-11-14(23)16-21-18(25-22-16)12-5-2-3-6-13(12)20-17(24)15-7-4-10-26-15/h2-7,10,14,19H,8-9,11H2,1H3,(H,20,24). The van der Waals surface area contributed by atoms with Crippen molar-refractivity contribution >= 4 is 22.9 Å². The number of hydrogen-bond donors (Lipinski definition) is 2. The van der Waals surface area contributed by atoms with E-state index in [4.69, 9.17) is 4.52 Å². The molecule has 1 amide bonds. The summed E-state index contributed by atoms with van der Waals surface area (Å²) in [5, 5.41) is 12.3. The van der Waals surface area contributed by atoms with Gasteiger partial charge in [0.25, 0.3) is 11.8 Å². The first kappa shape index (κ1) is 16.9. The molecule has 0 saturated carbocycles. The monoisotopic (exact) mass is 369 g/mol. The predicted octanol–water partition coefficient (Wildman–Crippen LogP) is 2.63. The van der Waals surface area contributed by atoms with Gasteiger partial charge < -0.3 is 15.2 Å². The summed E-state index contributed by atoms with van der Waals surface area (Å²) in [7, 11) is 2.05. The van der Waals surface area contributed by atoms with Gasteiger partial charge in [0.15, 0.2) is 5.82 Å². The van der Waals surface area contributed by atoms with Crippen molar-refractivity contribution in [3.05, 3.63) is 52.5 Å². The van der Waals surface area contributed by atoms with Gasteiger partial charge in [0, 0.05) is 19.6 Å². The third kappa shape index (κ3) is 3.39. The Bertz CT molecular complexity index is 893. The van der Waals surface area contributed by atoms with E-state index in [9.17, 15) is 4.79 Å². The molecule has 7 nitrogen and oxygen atoms in total. The lowest BCUT2D eigenvalue weighted by Crippen LogP contribution is -2.44. The third-order valence-electron chi connectivity index (χ3n) is 4.40. The van der Waals surface area contributed by atoms with E-state index in [1.165, 1.54) is 11.3 Å². The van der Waals surface area contributed by atoms with Crippen molar-refractivity contribution in [2.75, 3.05) is 32.0 Å². The molecule has 1 aliphatic heterocycles. The first-order chi connectivity index (χ1) is 12.7. The number of nitrogens with one attached hydrogen (secondary N) is 2. The highest BCUT2D eigenvalue weighted by Gasteiger charge is 2.26. The van der Waals surface area contributed by atoms with E-state index < -0.39 is 0 Å². The number of piperazine rings is 1. The minimum Gasteiger partial charge on any atom is -0.334 e. The molecular weight excluding hydrogens is 350 g/mol. The number of thiophene rings is 1. The molecule has 26 heavy (non-hydrogen) atoms. The molecular formula is C18H19N5O2S. The van der Waals surface area contributed by atoms with E-state index >= 15 is 0 Å². The van der Waals surface area contributed by atoms with Crippen molar-refractivity contribution in [3.63, 3.8) is 0 Å². The van der Waals surface area contributed by atoms with Crippen LogP contribution in [-0.2, 0) is 0 Å². The lowest BCUT2D eigenvalue weighted by molar-refractivity contribution is 0.103. The number of aromatic nitrogens is 2. The first-order valence-electron chi connectivity index (χ1n) is 8.41. The van der Waals surface area contributed by atoms with E-state index in [0.717, 1.165) is 19.6 Å². The zero-order valence-corrected chi connectivity index (χ0v) is 15.1. The molecule has 0 bridgehead atoms. The molecule has 2 aromatic heterocycles. The molecule has 0 aliphatic carbocycles. The Labute approximate surface area is 155 Å². The maximum Gasteiger partial charge on any atom is 0.265 e. The highest BCUT2D eigenvalue weighted by Crippen LogP contribution is 2.29. The van der Waals surface area contributed by atoms with Crippen LogP contribution in [0.1, 0.15) is 21.5 Å². The molecule has 4 rings (SSSR count). The van der Waals surface area contributed by atoms with Crippen molar-refractivity contribution in [2.24, 2.45) is 0 Å². The number of nitrogens with zero attached hydrogens (tertiary/aromatic N) is 3. The van der Waals surface area contributed by atoms with Gasteiger partial charge in [0.05, 0.1) is 22.2 Å². The maximum atomic E-state index is 12.4. The van der Waals surface area contributed by atoms with Crippen LogP contribution in [0.15, 0.2) is 46.3 Å². The van der Waals surface area contributed by atoms with Crippen molar-refractivity contribution in [2.45, 2.75) is 6.04 Å². The average molecular weight is 369 g/mol. The topological polar surface area (TPSA) is 83.3 Å². The van der Waals surface area contributed by atoms with Crippen LogP contribution in [0.25, 0.3) is 11.5 Å². The highest BCUT2D eigenvalue weighted by atomic mass is 32.1. The molecule has 0 spiro atoms. The van der Waals surface area contributed by atoms with Gasteiger partial charge in [0.1, 0.15) is 0 Å². The molecule has 1 saturated heterocycles. The molecule has 3 heterocycles. The van der Waals surface area contributed by atoms with Crippen LogP contribution in [0.2, 0.25) is 0 Å². The van der Waals surface area contributed by atoms with Gasteiger partial charge in [-0.1, -0.05) is 23.4 Å². The van der Waals surface area contributed by atoms with Crippen LogP contribution in [-0.4, -0.2) is 47.6 Å². The minimum atomic E-state index is -0.150. The SMILES string of the molecule is CN1CCNCC1c1noc(-c2ccccc2NC(=O)c2cccs2)n1. The first-order valence-corrected chi connectivity index (χ1v) is 9.29.